The third-order valence-corrected chi connectivity index (χ3v) is 2.68. The lowest BCUT2D eigenvalue weighted by atomic mass is 10.2. The summed E-state index contributed by atoms with van der Waals surface area (Å²) >= 11 is 0. The molecule has 1 aromatic carbocycles. The van der Waals surface area contributed by atoms with E-state index in [0.29, 0.717) is 5.82 Å². The van der Waals surface area contributed by atoms with Gasteiger partial charge >= 0.3 is 5.97 Å². The van der Waals surface area contributed by atoms with Gasteiger partial charge < -0.3 is 10.0 Å². The summed E-state index contributed by atoms with van der Waals surface area (Å²) in [5, 5.41) is 9.10. The summed E-state index contributed by atoms with van der Waals surface area (Å²) in [6.07, 6.45) is 2.86. The molecule has 0 aliphatic carbocycles. The van der Waals surface area contributed by atoms with Crippen LogP contribution >= 0.6 is 0 Å². The number of para-hydroxylation sites is 1. The highest BCUT2D eigenvalue weighted by atomic mass is 16.4. The van der Waals surface area contributed by atoms with Crippen LogP contribution in [-0.4, -0.2) is 28.1 Å². The van der Waals surface area contributed by atoms with E-state index in [1.165, 1.54) is 12.4 Å². The molecule has 0 atom stereocenters. The fourth-order valence-corrected chi connectivity index (χ4v) is 1.78. The van der Waals surface area contributed by atoms with Crippen LogP contribution in [0.1, 0.15) is 16.1 Å². The Hall–Kier alpha value is -2.43. The van der Waals surface area contributed by atoms with Crippen molar-refractivity contribution in [3.8, 4) is 0 Å². The minimum atomic E-state index is -1.08. The number of carboxylic acids is 1. The zero-order valence-electron chi connectivity index (χ0n) is 10.2. The maximum absolute atomic E-state index is 11.1. The van der Waals surface area contributed by atoms with Crippen molar-refractivity contribution < 1.29 is 9.90 Å². The highest BCUT2D eigenvalue weighted by Crippen LogP contribution is 2.26. The molecule has 0 radical (unpaired) electrons. The molecular formula is C13H13N3O2. The molecule has 0 spiro atoms. The van der Waals surface area contributed by atoms with Crippen molar-refractivity contribution in [2.45, 2.75) is 6.92 Å². The van der Waals surface area contributed by atoms with Gasteiger partial charge in [0.25, 0.3) is 0 Å². The molecule has 0 fully saturated rings. The number of nitrogens with zero attached hydrogens (tertiary/aromatic N) is 3. The Morgan fingerprint density at radius 3 is 2.56 bits per heavy atom. The number of hydrogen-bond acceptors (Lipinski definition) is 4. The van der Waals surface area contributed by atoms with Crippen molar-refractivity contribution in [3.05, 3.63) is 47.9 Å². The van der Waals surface area contributed by atoms with E-state index < -0.39 is 5.97 Å². The first kappa shape index (κ1) is 12.0. The molecular weight excluding hydrogens is 230 g/mol. The van der Waals surface area contributed by atoms with Crippen LogP contribution in [0.15, 0.2) is 36.7 Å². The number of carbonyl (C=O) groups is 1. The van der Waals surface area contributed by atoms with Crippen LogP contribution in [0.5, 0.6) is 0 Å². The molecule has 5 heteroatoms. The summed E-state index contributed by atoms with van der Waals surface area (Å²) in [6.45, 7) is 1.96. The Bertz CT molecular complexity index is 584. The molecule has 0 saturated heterocycles. The maximum Gasteiger partial charge on any atom is 0.358 e. The lowest BCUT2D eigenvalue weighted by Gasteiger charge is -2.21. The number of aryl methyl sites for hydroxylation is 1. The second-order valence-corrected chi connectivity index (χ2v) is 3.88. The SMILES string of the molecule is Cc1ccccc1N(C)c1nccnc1C(=O)O. The van der Waals surface area contributed by atoms with Crippen LogP contribution in [0.4, 0.5) is 11.5 Å². The standard InChI is InChI=1S/C13H13N3O2/c1-9-5-3-4-6-10(9)16(2)12-11(13(17)18)14-7-8-15-12/h3-8H,1-2H3,(H,17,18). The fraction of sp³-hybridized carbons (Fsp3) is 0.154. The zero-order valence-corrected chi connectivity index (χ0v) is 10.2. The number of aromatic nitrogens is 2. The van der Waals surface area contributed by atoms with E-state index >= 15 is 0 Å². The quantitative estimate of drug-likeness (QED) is 0.895. The van der Waals surface area contributed by atoms with Gasteiger partial charge in [-0.3, -0.25) is 0 Å². The van der Waals surface area contributed by atoms with Crippen LogP contribution in [0.25, 0.3) is 0 Å². The van der Waals surface area contributed by atoms with Crippen molar-refractivity contribution >= 4 is 17.5 Å². The van der Waals surface area contributed by atoms with Gasteiger partial charge in [-0.2, -0.15) is 0 Å². The van der Waals surface area contributed by atoms with Crippen molar-refractivity contribution in [1.82, 2.24) is 9.97 Å². The predicted octanol–water partition coefficient (Wildman–Crippen LogP) is 2.25. The fourth-order valence-electron chi connectivity index (χ4n) is 1.78. The smallest absolute Gasteiger partial charge is 0.358 e. The highest BCUT2D eigenvalue weighted by molar-refractivity contribution is 5.92. The highest BCUT2D eigenvalue weighted by Gasteiger charge is 2.17. The predicted molar refractivity (Wildman–Crippen MR) is 68.2 cm³/mol. The Morgan fingerprint density at radius 2 is 1.89 bits per heavy atom. The van der Waals surface area contributed by atoms with E-state index in [0.717, 1.165) is 11.3 Å². The van der Waals surface area contributed by atoms with Gasteiger partial charge in [-0.1, -0.05) is 18.2 Å². The molecule has 1 heterocycles. The van der Waals surface area contributed by atoms with E-state index in [-0.39, 0.29) is 5.69 Å². The molecule has 0 unspecified atom stereocenters. The van der Waals surface area contributed by atoms with Gasteiger partial charge in [-0.15, -0.1) is 0 Å². The first-order valence-electron chi connectivity index (χ1n) is 5.45. The number of aromatic carboxylic acids is 1. The molecule has 2 aromatic rings. The van der Waals surface area contributed by atoms with Gasteiger partial charge in [0, 0.05) is 25.1 Å². The second-order valence-electron chi connectivity index (χ2n) is 3.88. The first-order chi connectivity index (χ1) is 8.61. The van der Waals surface area contributed by atoms with Gasteiger partial charge in [0.05, 0.1) is 0 Å². The van der Waals surface area contributed by atoms with Crippen molar-refractivity contribution in [2.75, 3.05) is 11.9 Å². The Labute approximate surface area is 105 Å². The van der Waals surface area contributed by atoms with Crippen molar-refractivity contribution in [3.63, 3.8) is 0 Å². The average molecular weight is 243 g/mol. The Morgan fingerprint density at radius 1 is 1.22 bits per heavy atom. The molecule has 0 aliphatic rings. The monoisotopic (exact) mass is 243 g/mol. The number of rotatable bonds is 3. The zero-order chi connectivity index (χ0) is 13.1. The van der Waals surface area contributed by atoms with E-state index in [1.807, 2.05) is 31.2 Å². The molecule has 1 aromatic heterocycles. The lowest BCUT2D eigenvalue weighted by molar-refractivity contribution is 0.0691. The maximum atomic E-state index is 11.1. The third kappa shape index (κ3) is 2.15. The molecule has 92 valence electrons. The van der Waals surface area contributed by atoms with Gasteiger partial charge in [0.1, 0.15) is 0 Å². The van der Waals surface area contributed by atoms with E-state index in [2.05, 4.69) is 9.97 Å². The summed E-state index contributed by atoms with van der Waals surface area (Å²) in [4.78, 5) is 20.8. The van der Waals surface area contributed by atoms with Crippen molar-refractivity contribution in [1.29, 1.82) is 0 Å². The van der Waals surface area contributed by atoms with Crippen LogP contribution < -0.4 is 4.90 Å². The molecule has 0 aliphatic heterocycles. The number of anilines is 2. The first-order valence-corrected chi connectivity index (χ1v) is 5.45. The summed E-state index contributed by atoms with van der Waals surface area (Å²) in [5.74, 6) is -0.752. The number of benzene rings is 1. The summed E-state index contributed by atoms with van der Waals surface area (Å²) in [5.41, 5.74) is 1.89. The Kier molecular flexibility index (Phi) is 3.23. The number of hydrogen-bond donors (Lipinski definition) is 1. The molecule has 18 heavy (non-hydrogen) atoms. The summed E-state index contributed by atoms with van der Waals surface area (Å²) in [6, 6.07) is 7.70. The van der Waals surface area contributed by atoms with E-state index in [4.69, 9.17) is 5.11 Å². The summed E-state index contributed by atoms with van der Waals surface area (Å²) in [7, 11) is 1.78. The topological polar surface area (TPSA) is 66.3 Å². The van der Waals surface area contributed by atoms with E-state index in [9.17, 15) is 4.79 Å². The van der Waals surface area contributed by atoms with Crippen LogP contribution in [0, 0.1) is 6.92 Å². The average Bonchev–Trinajstić information content (AvgIpc) is 2.38. The lowest BCUT2D eigenvalue weighted by Crippen LogP contribution is -2.17. The molecule has 1 N–H and O–H groups in total. The largest absolute Gasteiger partial charge is 0.476 e. The van der Waals surface area contributed by atoms with Crippen LogP contribution in [-0.2, 0) is 0 Å². The molecule has 0 saturated carbocycles. The second kappa shape index (κ2) is 4.83. The number of carboxylic acid groups (broad SMARTS) is 1. The Balaban J connectivity index is 2.50. The van der Waals surface area contributed by atoms with Crippen LogP contribution in [0.3, 0.4) is 0 Å². The summed E-state index contributed by atoms with van der Waals surface area (Å²) < 4.78 is 0. The minimum absolute atomic E-state index is 0.0525. The van der Waals surface area contributed by atoms with Gasteiger partial charge in [0.2, 0.25) is 0 Å². The van der Waals surface area contributed by atoms with Crippen molar-refractivity contribution in [2.24, 2.45) is 0 Å². The molecule has 0 bridgehead atoms. The minimum Gasteiger partial charge on any atom is -0.476 e. The molecule has 2 rings (SSSR count). The third-order valence-electron chi connectivity index (χ3n) is 2.68. The molecule has 0 amide bonds. The van der Waals surface area contributed by atoms with Gasteiger partial charge in [-0.25, -0.2) is 14.8 Å². The van der Waals surface area contributed by atoms with E-state index in [1.54, 1.807) is 11.9 Å². The normalized spacial score (nSPS) is 10.1. The molecule has 5 nitrogen and oxygen atoms in total. The van der Waals surface area contributed by atoms with Gasteiger partial charge in [-0.05, 0) is 18.6 Å². The van der Waals surface area contributed by atoms with Gasteiger partial charge in [0.15, 0.2) is 11.5 Å². The van der Waals surface area contributed by atoms with Crippen LogP contribution in [0.2, 0.25) is 0 Å².